The van der Waals surface area contributed by atoms with E-state index in [0.29, 0.717) is 0 Å². The number of hydrogen-bond acceptors (Lipinski definition) is 1. The predicted octanol–water partition coefficient (Wildman–Crippen LogP) is 4.09. The maximum atomic E-state index is 5.86. The zero-order valence-corrected chi connectivity index (χ0v) is 12.1. The first-order valence-corrected chi connectivity index (χ1v) is 7.71. The van der Waals surface area contributed by atoms with Gasteiger partial charge in [-0.15, -0.1) is 11.6 Å². The van der Waals surface area contributed by atoms with Gasteiger partial charge in [0.15, 0.2) is 0 Å². The zero-order chi connectivity index (χ0) is 12.8. The standard InChI is InChI=1S/C16H24ClN/c1-2-14-5-7-16(8-6-14)13-18-11-3-4-15(12-18)9-10-17/h5-8,15H,2-4,9-13H2,1H3. The van der Waals surface area contributed by atoms with Gasteiger partial charge < -0.3 is 0 Å². The van der Waals surface area contributed by atoms with Crippen LogP contribution in [0, 0.1) is 5.92 Å². The second kappa shape index (κ2) is 7.16. The van der Waals surface area contributed by atoms with E-state index in [2.05, 4.69) is 36.1 Å². The molecule has 0 bridgehead atoms. The van der Waals surface area contributed by atoms with Crippen molar-refractivity contribution >= 4 is 11.6 Å². The molecule has 1 saturated heterocycles. The normalized spacial score (nSPS) is 21.1. The molecule has 2 heteroatoms. The Bertz CT molecular complexity index is 345. The smallest absolute Gasteiger partial charge is 0.0233 e. The van der Waals surface area contributed by atoms with E-state index in [0.717, 1.165) is 24.8 Å². The van der Waals surface area contributed by atoms with Gasteiger partial charge in [-0.25, -0.2) is 0 Å². The summed E-state index contributed by atoms with van der Waals surface area (Å²) in [5, 5.41) is 0. The fourth-order valence-corrected chi connectivity index (χ4v) is 3.13. The highest BCUT2D eigenvalue weighted by atomic mass is 35.5. The highest BCUT2D eigenvalue weighted by Gasteiger charge is 2.19. The van der Waals surface area contributed by atoms with Crippen molar-refractivity contribution in [2.75, 3.05) is 19.0 Å². The topological polar surface area (TPSA) is 3.24 Å². The lowest BCUT2D eigenvalue weighted by molar-refractivity contribution is 0.165. The molecule has 1 aliphatic rings. The molecule has 2 rings (SSSR count). The van der Waals surface area contributed by atoms with Crippen molar-refractivity contribution in [3.63, 3.8) is 0 Å². The summed E-state index contributed by atoms with van der Waals surface area (Å²) in [6.45, 7) is 5.77. The summed E-state index contributed by atoms with van der Waals surface area (Å²) in [6, 6.07) is 9.08. The highest BCUT2D eigenvalue weighted by molar-refractivity contribution is 6.17. The van der Waals surface area contributed by atoms with Gasteiger partial charge in [0.05, 0.1) is 0 Å². The van der Waals surface area contributed by atoms with Gasteiger partial charge in [-0.1, -0.05) is 31.2 Å². The van der Waals surface area contributed by atoms with Crippen LogP contribution in [-0.2, 0) is 13.0 Å². The van der Waals surface area contributed by atoms with Gasteiger partial charge in [0.1, 0.15) is 0 Å². The fraction of sp³-hybridized carbons (Fsp3) is 0.625. The molecule has 0 aromatic heterocycles. The maximum absolute atomic E-state index is 5.86. The predicted molar refractivity (Wildman–Crippen MR) is 79.2 cm³/mol. The second-order valence-corrected chi connectivity index (χ2v) is 5.77. The van der Waals surface area contributed by atoms with Crippen molar-refractivity contribution in [3.8, 4) is 0 Å². The van der Waals surface area contributed by atoms with Crippen molar-refractivity contribution in [2.24, 2.45) is 5.92 Å². The number of aryl methyl sites for hydroxylation is 1. The summed E-state index contributed by atoms with van der Waals surface area (Å²) in [7, 11) is 0. The average molecular weight is 266 g/mol. The minimum Gasteiger partial charge on any atom is -0.299 e. The van der Waals surface area contributed by atoms with Crippen LogP contribution in [0.1, 0.15) is 37.3 Å². The first kappa shape index (κ1) is 13.9. The van der Waals surface area contributed by atoms with E-state index >= 15 is 0 Å². The molecular formula is C16H24ClN. The summed E-state index contributed by atoms with van der Waals surface area (Å²) < 4.78 is 0. The van der Waals surface area contributed by atoms with E-state index in [4.69, 9.17) is 11.6 Å². The van der Waals surface area contributed by atoms with Crippen LogP contribution >= 0.6 is 11.6 Å². The number of rotatable bonds is 5. The van der Waals surface area contributed by atoms with Gasteiger partial charge in [-0.2, -0.15) is 0 Å². The first-order valence-electron chi connectivity index (χ1n) is 7.18. The lowest BCUT2D eigenvalue weighted by atomic mass is 9.95. The van der Waals surface area contributed by atoms with E-state index < -0.39 is 0 Å². The van der Waals surface area contributed by atoms with E-state index in [-0.39, 0.29) is 0 Å². The number of likely N-dealkylation sites (tertiary alicyclic amines) is 1. The Kier molecular flexibility index (Phi) is 5.52. The number of nitrogens with zero attached hydrogens (tertiary/aromatic N) is 1. The Hall–Kier alpha value is -0.530. The average Bonchev–Trinajstić information content (AvgIpc) is 2.40. The Labute approximate surface area is 116 Å². The molecule has 1 aromatic rings. The third-order valence-electron chi connectivity index (χ3n) is 3.96. The summed E-state index contributed by atoms with van der Waals surface area (Å²) in [4.78, 5) is 2.58. The van der Waals surface area contributed by atoms with E-state index in [9.17, 15) is 0 Å². The highest BCUT2D eigenvalue weighted by Crippen LogP contribution is 2.21. The van der Waals surface area contributed by atoms with Crippen LogP contribution in [0.15, 0.2) is 24.3 Å². The molecule has 100 valence electrons. The van der Waals surface area contributed by atoms with Gasteiger partial charge in [-0.3, -0.25) is 4.90 Å². The van der Waals surface area contributed by atoms with Crippen LogP contribution in [-0.4, -0.2) is 23.9 Å². The molecule has 0 spiro atoms. The van der Waals surface area contributed by atoms with Crippen molar-refractivity contribution in [1.82, 2.24) is 4.90 Å². The molecule has 1 nitrogen and oxygen atoms in total. The van der Waals surface area contributed by atoms with E-state index in [1.165, 1.54) is 43.5 Å². The molecule has 0 saturated carbocycles. The number of halogens is 1. The zero-order valence-electron chi connectivity index (χ0n) is 11.4. The molecule has 1 heterocycles. The third-order valence-corrected chi connectivity index (χ3v) is 4.18. The van der Waals surface area contributed by atoms with Gasteiger partial charge >= 0.3 is 0 Å². The maximum Gasteiger partial charge on any atom is 0.0233 e. The summed E-state index contributed by atoms with van der Waals surface area (Å²) in [5.41, 5.74) is 2.87. The molecule has 0 radical (unpaired) electrons. The van der Waals surface area contributed by atoms with Gasteiger partial charge in [-0.05, 0) is 49.3 Å². The Morgan fingerprint density at radius 1 is 1.22 bits per heavy atom. The lowest BCUT2D eigenvalue weighted by Gasteiger charge is -2.32. The molecule has 1 unspecified atom stereocenters. The van der Waals surface area contributed by atoms with Crippen molar-refractivity contribution in [2.45, 2.75) is 39.2 Å². The van der Waals surface area contributed by atoms with Crippen molar-refractivity contribution < 1.29 is 0 Å². The Balaban J connectivity index is 1.87. The van der Waals surface area contributed by atoms with Gasteiger partial charge in [0.2, 0.25) is 0 Å². The van der Waals surface area contributed by atoms with Crippen molar-refractivity contribution in [1.29, 1.82) is 0 Å². The first-order chi connectivity index (χ1) is 8.81. The van der Waals surface area contributed by atoms with Gasteiger partial charge in [0, 0.05) is 19.0 Å². The molecule has 1 fully saturated rings. The molecule has 1 aliphatic heterocycles. The van der Waals surface area contributed by atoms with Crippen LogP contribution in [0.5, 0.6) is 0 Å². The molecule has 0 amide bonds. The molecule has 0 N–H and O–H groups in total. The Morgan fingerprint density at radius 3 is 2.61 bits per heavy atom. The van der Waals surface area contributed by atoms with Crippen LogP contribution < -0.4 is 0 Å². The third kappa shape index (κ3) is 4.00. The summed E-state index contributed by atoms with van der Waals surface area (Å²) >= 11 is 5.86. The molecule has 1 atom stereocenters. The largest absolute Gasteiger partial charge is 0.299 e. The number of hydrogen-bond donors (Lipinski definition) is 0. The van der Waals surface area contributed by atoms with Gasteiger partial charge in [0.25, 0.3) is 0 Å². The van der Waals surface area contributed by atoms with Crippen LogP contribution in [0.4, 0.5) is 0 Å². The quantitative estimate of drug-likeness (QED) is 0.725. The minimum absolute atomic E-state index is 0.809. The van der Waals surface area contributed by atoms with Crippen LogP contribution in [0.25, 0.3) is 0 Å². The number of piperidine rings is 1. The summed E-state index contributed by atoms with van der Waals surface area (Å²) in [5.74, 6) is 1.62. The monoisotopic (exact) mass is 265 g/mol. The SMILES string of the molecule is CCc1ccc(CN2CCCC(CCCl)C2)cc1. The molecular weight excluding hydrogens is 242 g/mol. The Morgan fingerprint density at radius 2 is 1.94 bits per heavy atom. The second-order valence-electron chi connectivity index (χ2n) is 5.39. The lowest BCUT2D eigenvalue weighted by Crippen LogP contribution is -2.35. The van der Waals surface area contributed by atoms with Crippen LogP contribution in [0.3, 0.4) is 0 Å². The number of alkyl halides is 1. The summed E-state index contributed by atoms with van der Waals surface area (Å²) in [6.07, 6.45) is 4.99. The number of benzene rings is 1. The van der Waals surface area contributed by atoms with Crippen LogP contribution in [0.2, 0.25) is 0 Å². The molecule has 18 heavy (non-hydrogen) atoms. The fourth-order valence-electron chi connectivity index (χ4n) is 2.82. The van der Waals surface area contributed by atoms with Crippen molar-refractivity contribution in [3.05, 3.63) is 35.4 Å². The van der Waals surface area contributed by atoms with E-state index in [1.807, 2.05) is 0 Å². The molecule has 1 aromatic carbocycles. The minimum atomic E-state index is 0.809. The van der Waals surface area contributed by atoms with E-state index in [1.54, 1.807) is 0 Å². The molecule has 0 aliphatic carbocycles.